The first-order valence-electron chi connectivity index (χ1n) is 4.00. The van der Waals surface area contributed by atoms with Crippen molar-refractivity contribution >= 4 is 29.5 Å². The molecule has 1 spiro atoms. The van der Waals surface area contributed by atoms with Crippen LogP contribution < -0.4 is 10.4 Å². The van der Waals surface area contributed by atoms with Gasteiger partial charge in [-0.25, -0.2) is 0 Å². The molecule has 68 valence electrons. The highest BCUT2D eigenvalue weighted by atomic mass is 32.2. The van der Waals surface area contributed by atoms with Gasteiger partial charge in [-0.1, -0.05) is 11.8 Å². The Morgan fingerprint density at radius 3 is 3.00 bits per heavy atom. The minimum Gasteiger partial charge on any atom is -0.544 e. The van der Waals surface area contributed by atoms with E-state index in [-0.39, 0.29) is 10.9 Å². The summed E-state index contributed by atoms with van der Waals surface area (Å²) < 4.78 is 0. The average molecular weight is 205 g/mol. The number of thioether (sulfide) groups is 2. The van der Waals surface area contributed by atoms with Gasteiger partial charge in [0.25, 0.3) is 0 Å². The maximum atomic E-state index is 10.6. The van der Waals surface area contributed by atoms with Crippen molar-refractivity contribution in [1.82, 2.24) is 0 Å². The van der Waals surface area contributed by atoms with E-state index in [1.807, 2.05) is 17.1 Å². The summed E-state index contributed by atoms with van der Waals surface area (Å²) in [6, 6.07) is -0.311. The highest BCUT2D eigenvalue weighted by Gasteiger charge is 2.46. The zero-order chi connectivity index (χ0) is 8.60. The molecule has 0 aromatic rings. The number of aliphatic carboxylic acids is 1. The van der Waals surface area contributed by atoms with E-state index in [1.54, 1.807) is 11.8 Å². The van der Waals surface area contributed by atoms with E-state index in [0.29, 0.717) is 5.75 Å². The van der Waals surface area contributed by atoms with E-state index in [9.17, 15) is 9.90 Å². The molecule has 0 amide bonds. The Kier molecular flexibility index (Phi) is 2.27. The van der Waals surface area contributed by atoms with Crippen LogP contribution in [-0.4, -0.2) is 34.1 Å². The number of hydrogen-bond donors (Lipinski definition) is 1. The number of carboxylic acids is 1. The van der Waals surface area contributed by atoms with Crippen LogP contribution in [0.3, 0.4) is 0 Å². The average Bonchev–Trinajstić information content (AvgIpc) is 2.62. The third kappa shape index (κ3) is 1.45. The zero-order valence-corrected chi connectivity index (χ0v) is 8.25. The van der Waals surface area contributed by atoms with Gasteiger partial charge in [-0.05, 0) is 0 Å². The second-order valence-electron chi connectivity index (χ2n) is 3.27. The van der Waals surface area contributed by atoms with Crippen molar-refractivity contribution in [2.45, 2.75) is 17.3 Å². The molecular weight excluding hydrogens is 194 g/mol. The zero-order valence-electron chi connectivity index (χ0n) is 6.62. The number of nitrogens with two attached hydrogens (primary N) is 1. The third-order valence-electron chi connectivity index (χ3n) is 2.37. The Labute approximate surface area is 79.7 Å². The van der Waals surface area contributed by atoms with Crippen LogP contribution in [0.25, 0.3) is 0 Å². The van der Waals surface area contributed by atoms with Gasteiger partial charge in [0.1, 0.15) is 12.0 Å². The fraction of sp³-hybridized carbons (Fsp3) is 0.857. The van der Waals surface area contributed by atoms with Crippen LogP contribution in [0.4, 0.5) is 0 Å². The number of carbonyl (C=O) groups excluding carboxylic acids is 1. The SMILES string of the molecule is O=C([O-])[C@H]1CS[C@@]2(CCSC2)[NH2+]1. The molecule has 2 atom stereocenters. The molecule has 2 aliphatic heterocycles. The largest absolute Gasteiger partial charge is 0.544 e. The van der Waals surface area contributed by atoms with E-state index in [4.69, 9.17) is 0 Å². The molecule has 2 saturated heterocycles. The molecule has 0 aromatic carbocycles. The predicted molar refractivity (Wildman–Crippen MR) is 47.9 cm³/mol. The molecule has 12 heavy (non-hydrogen) atoms. The van der Waals surface area contributed by atoms with Crippen LogP contribution in [0.1, 0.15) is 6.42 Å². The number of hydrogen-bond acceptors (Lipinski definition) is 4. The van der Waals surface area contributed by atoms with Crippen molar-refractivity contribution in [3.8, 4) is 0 Å². The molecule has 3 nitrogen and oxygen atoms in total. The molecule has 0 unspecified atom stereocenters. The second-order valence-corrected chi connectivity index (χ2v) is 5.81. The molecular formula is C7H11NO2S2. The van der Waals surface area contributed by atoms with E-state index in [1.165, 1.54) is 5.75 Å². The topological polar surface area (TPSA) is 56.7 Å². The van der Waals surface area contributed by atoms with Gasteiger partial charge in [0.2, 0.25) is 0 Å². The number of quaternary nitrogens is 1. The summed E-state index contributed by atoms with van der Waals surface area (Å²) in [5, 5.41) is 12.6. The van der Waals surface area contributed by atoms with Crippen molar-refractivity contribution in [2.24, 2.45) is 0 Å². The summed E-state index contributed by atoms with van der Waals surface area (Å²) in [7, 11) is 0. The standard InChI is InChI=1S/C7H11NO2S2/c9-6(10)5-3-12-7(8-5)1-2-11-4-7/h5,8H,1-4H2,(H,9,10)/t5-,7-/m1/s1. The number of rotatable bonds is 1. The van der Waals surface area contributed by atoms with Crippen LogP contribution in [0.5, 0.6) is 0 Å². The number of carboxylic acid groups (broad SMARTS) is 1. The Balaban J connectivity index is 2.01. The van der Waals surface area contributed by atoms with E-state index >= 15 is 0 Å². The molecule has 2 rings (SSSR count). The first-order chi connectivity index (χ1) is 5.72. The third-order valence-corrected chi connectivity index (χ3v) is 5.35. The summed E-state index contributed by atoms with van der Waals surface area (Å²) in [4.78, 5) is 10.8. The minimum absolute atomic E-state index is 0.176. The normalized spacial score (nSPS) is 40.8. The van der Waals surface area contributed by atoms with Gasteiger partial charge in [-0.3, -0.25) is 0 Å². The lowest BCUT2D eigenvalue weighted by Gasteiger charge is -2.18. The molecule has 0 saturated carbocycles. The fourth-order valence-corrected chi connectivity index (χ4v) is 4.86. The van der Waals surface area contributed by atoms with Gasteiger partial charge in [0.05, 0.1) is 11.5 Å². The first kappa shape index (κ1) is 8.72. The Morgan fingerprint density at radius 1 is 1.67 bits per heavy atom. The quantitative estimate of drug-likeness (QED) is 0.551. The van der Waals surface area contributed by atoms with E-state index in [2.05, 4.69) is 0 Å². The van der Waals surface area contributed by atoms with Crippen molar-refractivity contribution in [3.63, 3.8) is 0 Å². The highest BCUT2D eigenvalue weighted by molar-refractivity contribution is 8.04. The molecule has 0 aromatic heterocycles. The Morgan fingerprint density at radius 2 is 2.50 bits per heavy atom. The van der Waals surface area contributed by atoms with Gasteiger partial charge in [-0.15, -0.1) is 0 Å². The first-order valence-corrected chi connectivity index (χ1v) is 6.14. The summed E-state index contributed by atoms with van der Waals surface area (Å²) >= 11 is 3.71. The van der Waals surface area contributed by atoms with Gasteiger partial charge in [0, 0.05) is 12.2 Å². The van der Waals surface area contributed by atoms with Gasteiger partial charge < -0.3 is 15.2 Å². The molecule has 2 fully saturated rings. The van der Waals surface area contributed by atoms with Crippen molar-refractivity contribution in [1.29, 1.82) is 0 Å². The maximum Gasteiger partial charge on any atom is 0.153 e. The van der Waals surface area contributed by atoms with Crippen molar-refractivity contribution < 1.29 is 15.2 Å². The van der Waals surface area contributed by atoms with Gasteiger partial charge in [0.15, 0.2) is 4.87 Å². The molecule has 2 N–H and O–H groups in total. The van der Waals surface area contributed by atoms with Crippen LogP contribution in [0, 0.1) is 0 Å². The Bertz CT molecular complexity index is 204. The van der Waals surface area contributed by atoms with Crippen molar-refractivity contribution in [2.75, 3.05) is 17.3 Å². The summed E-state index contributed by atoms with van der Waals surface area (Å²) in [5.41, 5.74) is 0. The molecule has 2 aliphatic rings. The van der Waals surface area contributed by atoms with Gasteiger partial charge >= 0.3 is 0 Å². The second kappa shape index (κ2) is 3.12. The van der Waals surface area contributed by atoms with Crippen LogP contribution in [0.15, 0.2) is 0 Å². The molecule has 0 aliphatic carbocycles. The Hall–Kier alpha value is 0.130. The maximum absolute atomic E-state index is 10.6. The number of carbonyl (C=O) groups is 1. The van der Waals surface area contributed by atoms with Gasteiger partial charge in [-0.2, -0.15) is 11.8 Å². The lowest BCUT2D eigenvalue weighted by atomic mass is 10.2. The van der Waals surface area contributed by atoms with Crippen LogP contribution in [-0.2, 0) is 4.79 Å². The fourth-order valence-electron chi connectivity index (χ4n) is 1.66. The lowest BCUT2D eigenvalue weighted by molar-refractivity contribution is -0.712. The highest BCUT2D eigenvalue weighted by Crippen LogP contribution is 2.36. The minimum atomic E-state index is -0.906. The summed E-state index contributed by atoms with van der Waals surface area (Å²) in [5.74, 6) is 2.06. The summed E-state index contributed by atoms with van der Waals surface area (Å²) in [6.45, 7) is 0. The van der Waals surface area contributed by atoms with Crippen LogP contribution >= 0.6 is 23.5 Å². The lowest BCUT2D eigenvalue weighted by Crippen LogP contribution is -2.99. The molecule has 2 heterocycles. The summed E-state index contributed by atoms with van der Waals surface area (Å²) in [6.07, 6.45) is 1.13. The van der Waals surface area contributed by atoms with Crippen molar-refractivity contribution in [3.05, 3.63) is 0 Å². The monoisotopic (exact) mass is 205 g/mol. The van der Waals surface area contributed by atoms with E-state index < -0.39 is 5.97 Å². The molecule has 0 bridgehead atoms. The molecule has 0 radical (unpaired) electrons. The van der Waals surface area contributed by atoms with E-state index in [0.717, 1.165) is 12.2 Å². The van der Waals surface area contributed by atoms with Crippen LogP contribution in [0.2, 0.25) is 0 Å². The predicted octanol–water partition coefficient (Wildman–Crippen LogP) is -1.75. The smallest absolute Gasteiger partial charge is 0.153 e. The molecule has 5 heteroatoms.